The van der Waals surface area contributed by atoms with Crippen LogP contribution in [0.1, 0.15) is 20.3 Å². The van der Waals surface area contributed by atoms with Gasteiger partial charge in [-0.05, 0) is 20.3 Å². The number of ether oxygens (including phenoxy) is 2. The van der Waals surface area contributed by atoms with Gasteiger partial charge in [-0.1, -0.05) is 0 Å². The summed E-state index contributed by atoms with van der Waals surface area (Å²) >= 11 is 0. The second kappa shape index (κ2) is 2.58. The van der Waals surface area contributed by atoms with Crippen LogP contribution in [0.25, 0.3) is 0 Å². The molecule has 1 fully saturated rings. The summed E-state index contributed by atoms with van der Waals surface area (Å²) in [6.07, 6.45) is 1.32. The molecule has 0 aromatic heterocycles. The Kier molecular flexibility index (Phi) is 1.98. The molecular formula is C7H13O2+. The molecule has 0 aliphatic carbocycles. The topological polar surface area (TPSA) is 18.5 Å². The third-order valence-corrected chi connectivity index (χ3v) is 1.43. The van der Waals surface area contributed by atoms with E-state index in [9.17, 15) is 0 Å². The third-order valence-electron chi connectivity index (χ3n) is 1.43. The summed E-state index contributed by atoms with van der Waals surface area (Å²) in [5.41, 5.74) is 0. The van der Waals surface area contributed by atoms with Crippen LogP contribution in [0.4, 0.5) is 0 Å². The zero-order valence-electron chi connectivity index (χ0n) is 5.96. The van der Waals surface area contributed by atoms with Crippen molar-refractivity contribution in [1.29, 1.82) is 0 Å². The fourth-order valence-corrected chi connectivity index (χ4v) is 1.13. The maximum atomic E-state index is 5.22. The summed E-state index contributed by atoms with van der Waals surface area (Å²) in [6, 6.07) is 0. The summed E-state index contributed by atoms with van der Waals surface area (Å²) < 4.78 is 10.4. The van der Waals surface area contributed by atoms with Crippen LogP contribution in [-0.2, 0) is 9.47 Å². The Labute approximate surface area is 56.2 Å². The molecule has 1 rings (SSSR count). The molecule has 0 saturated carbocycles. The Balaban J connectivity index is 2.34. The minimum atomic E-state index is -0.260. The summed E-state index contributed by atoms with van der Waals surface area (Å²) in [4.78, 5) is 0. The first kappa shape index (κ1) is 6.90. The van der Waals surface area contributed by atoms with E-state index >= 15 is 0 Å². The molecule has 0 aromatic rings. The van der Waals surface area contributed by atoms with E-state index in [0.29, 0.717) is 12.2 Å². The standard InChI is InChI=1S/C7H13O2/c1-5-4-6(2)9-7(3)8-5/h5-7H,3-4H2,1-2H3/q+1. The van der Waals surface area contributed by atoms with E-state index in [-0.39, 0.29) is 6.29 Å². The molecular weight excluding hydrogens is 116 g/mol. The van der Waals surface area contributed by atoms with Gasteiger partial charge in [0.15, 0.2) is 0 Å². The first-order valence-electron chi connectivity index (χ1n) is 3.32. The maximum absolute atomic E-state index is 5.22. The SMILES string of the molecule is [CH2+]C1OC(C)CC(C)O1. The van der Waals surface area contributed by atoms with E-state index in [1.165, 1.54) is 0 Å². The third kappa shape index (κ3) is 1.88. The number of rotatable bonds is 0. The van der Waals surface area contributed by atoms with Gasteiger partial charge in [-0.2, -0.15) is 0 Å². The summed E-state index contributed by atoms with van der Waals surface area (Å²) in [5.74, 6) is 0. The van der Waals surface area contributed by atoms with Gasteiger partial charge >= 0.3 is 6.29 Å². The van der Waals surface area contributed by atoms with Crippen molar-refractivity contribution in [3.8, 4) is 0 Å². The molecule has 52 valence electrons. The van der Waals surface area contributed by atoms with Gasteiger partial charge in [0.2, 0.25) is 0 Å². The van der Waals surface area contributed by atoms with Crippen molar-refractivity contribution in [1.82, 2.24) is 0 Å². The van der Waals surface area contributed by atoms with E-state index in [2.05, 4.69) is 6.92 Å². The molecule has 2 atom stereocenters. The highest BCUT2D eigenvalue weighted by Gasteiger charge is 2.25. The highest BCUT2D eigenvalue weighted by molar-refractivity contribution is 4.66. The summed E-state index contributed by atoms with van der Waals surface area (Å²) in [6.45, 7) is 7.73. The molecule has 0 spiro atoms. The molecule has 1 heterocycles. The van der Waals surface area contributed by atoms with Crippen molar-refractivity contribution in [2.45, 2.75) is 38.8 Å². The van der Waals surface area contributed by atoms with Gasteiger partial charge in [0.1, 0.15) is 6.92 Å². The van der Waals surface area contributed by atoms with E-state index in [0.717, 1.165) is 6.42 Å². The smallest absolute Gasteiger partial charge is 0.305 e. The molecule has 0 aromatic carbocycles. The Morgan fingerprint density at radius 2 is 1.67 bits per heavy atom. The van der Waals surface area contributed by atoms with Crippen molar-refractivity contribution in [2.24, 2.45) is 0 Å². The van der Waals surface area contributed by atoms with Crippen LogP contribution in [-0.4, -0.2) is 18.5 Å². The van der Waals surface area contributed by atoms with Crippen LogP contribution in [0.3, 0.4) is 0 Å². The van der Waals surface area contributed by atoms with E-state index in [4.69, 9.17) is 9.47 Å². The first-order chi connectivity index (χ1) is 4.18. The lowest BCUT2D eigenvalue weighted by Crippen LogP contribution is -2.33. The number of hydrogen-bond acceptors (Lipinski definition) is 2. The molecule has 9 heavy (non-hydrogen) atoms. The lowest BCUT2D eigenvalue weighted by Gasteiger charge is -2.26. The summed E-state index contributed by atoms with van der Waals surface area (Å²) in [7, 11) is 0. The molecule has 0 amide bonds. The predicted octanol–water partition coefficient (Wildman–Crippen LogP) is 1.36. The highest BCUT2D eigenvalue weighted by atomic mass is 16.7. The first-order valence-corrected chi connectivity index (χ1v) is 3.32. The average molecular weight is 129 g/mol. The van der Waals surface area contributed by atoms with Gasteiger partial charge in [0.05, 0.1) is 12.2 Å². The molecule has 2 heteroatoms. The Bertz CT molecular complexity index is 67.9. The minimum absolute atomic E-state index is 0.260. The Morgan fingerprint density at radius 3 is 2.00 bits per heavy atom. The molecule has 0 radical (unpaired) electrons. The zero-order valence-corrected chi connectivity index (χ0v) is 5.96. The minimum Gasteiger partial charge on any atom is -0.312 e. The van der Waals surface area contributed by atoms with Gasteiger partial charge in [0.25, 0.3) is 0 Å². The summed E-state index contributed by atoms with van der Waals surface area (Å²) in [5, 5.41) is 0. The quantitative estimate of drug-likeness (QED) is 0.460. The molecule has 0 N–H and O–H groups in total. The fraction of sp³-hybridized carbons (Fsp3) is 0.857. The van der Waals surface area contributed by atoms with Crippen molar-refractivity contribution < 1.29 is 9.47 Å². The van der Waals surface area contributed by atoms with Crippen LogP contribution in [0, 0.1) is 6.92 Å². The van der Waals surface area contributed by atoms with Gasteiger partial charge in [-0.3, -0.25) is 0 Å². The lowest BCUT2D eigenvalue weighted by atomic mass is 10.2. The second-order valence-electron chi connectivity index (χ2n) is 2.56. The molecule has 1 aliphatic rings. The maximum Gasteiger partial charge on any atom is 0.305 e. The Morgan fingerprint density at radius 1 is 1.22 bits per heavy atom. The van der Waals surface area contributed by atoms with Crippen LogP contribution in [0.15, 0.2) is 0 Å². The lowest BCUT2D eigenvalue weighted by molar-refractivity contribution is -0.211. The van der Waals surface area contributed by atoms with Crippen molar-refractivity contribution >= 4 is 0 Å². The average Bonchev–Trinajstić information content (AvgIpc) is 1.59. The van der Waals surface area contributed by atoms with E-state index in [1.54, 1.807) is 0 Å². The van der Waals surface area contributed by atoms with E-state index in [1.807, 2.05) is 13.8 Å². The zero-order chi connectivity index (χ0) is 6.85. The molecule has 2 unspecified atom stereocenters. The van der Waals surface area contributed by atoms with Crippen molar-refractivity contribution in [2.75, 3.05) is 0 Å². The van der Waals surface area contributed by atoms with Crippen molar-refractivity contribution in [3.05, 3.63) is 6.92 Å². The van der Waals surface area contributed by atoms with E-state index < -0.39 is 0 Å². The van der Waals surface area contributed by atoms with Gasteiger partial charge in [0, 0.05) is 0 Å². The van der Waals surface area contributed by atoms with Gasteiger partial charge < -0.3 is 9.47 Å². The van der Waals surface area contributed by atoms with Crippen LogP contribution >= 0.6 is 0 Å². The van der Waals surface area contributed by atoms with Crippen LogP contribution in [0.5, 0.6) is 0 Å². The van der Waals surface area contributed by atoms with Crippen LogP contribution < -0.4 is 0 Å². The monoisotopic (exact) mass is 129 g/mol. The molecule has 0 bridgehead atoms. The number of hydrogen-bond donors (Lipinski definition) is 0. The molecule has 1 saturated heterocycles. The van der Waals surface area contributed by atoms with Crippen molar-refractivity contribution in [3.63, 3.8) is 0 Å². The normalized spacial score (nSPS) is 44.9. The Hall–Kier alpha value is -0.210. The molecule has 1 aliphatic heterocycles. The highest BCUT2D eigenvalue weighted by Crippen LogP contribution is 2.16. The second-order valence-corrected chi connectivity index (χ2v) is 2.56. The van der Waals surface area contributed by atoms with Gasteiger partial charge in [-0.15, -0.1) is 0 Å². The fourth-order valence-electron chi connectivity index (χ4n) is 1.13. The largest absolute Gasteiger partial charge is 0.312 e. The molecule has 2 nitrogen and oxygen atoms in total. The predicted molar refractivity (Wildman–Crippen MR) is 34.9 cm³/mol. The van der Waals surface area contributed by atoms with Gasteiger partial charge in [-0.25, -0.2) is 0 Å². The van der Waals surface area contributed by atoms with Crippen LogP contribution in [0.2, 0.25) is 0 Å².